The lowest BCUT2D eigenvalue weighted by atomic mass is 9.99. The van der Waals surface area contributed by atoms with Crippen LogP contribution < -0.4 is 5.32 Å². The molecule has 2 fully saturated rings. The van der Waals surface area contributed by atoms with Crippen molar-refractivity contribution in [3.63, 3.8) is 0 Å². The predicted octanol–water partition coefficient (Wildman–Crippen LogP) is -1.06. The van der Waals surface area contributed by atoms with Gasteiger partial charge in [0.05, 0.1) is 0 Å². The van der Waals surface area contributed by atoms with Gasteiger partial charge < -0.3 is 15.3 Å². The molecule has 4 nitrogen and oxygen atoms in total. The van der Waals surface area contributed by atoms with Crippen LogP contribution in [0.3, 0.4) is 0 Å². The standard InChI is InChI=1S/C8H14N2O2/c11-7(10-4-1-5-10)8(12)2-3-9-6-8/h9,12H,1-6H2. The van der Waals surface area contributed by atoms with E-state index >= 15 is 0 Å². The lowest BCUT2D eigenvalue weighted by molar-refractivity contribution is -0.153. The van der Waals surface area contributed by atoms with Crippen LogP contribution in [0.1, 0.15) is 12.8 Å². The van der Waals surface area contributed by atoms with Crippen LogP contribution in [-0.2, 0) is 4.79 Å². The SMILES string of the molecule is O=C(N1CCC1)C1(O)CCNC1. The van der Waals surface area contributed by atoms with Crippen LogP contribution in [0.5, 0.6) is 0 Å². The fourth-order valence-corrected chi connectivity index (χ4v) is 1.67. The summed E-state index contributed by atoms with van der Waals surface area (Å²) in [6.45, 7) is 2.81. The van der Waals surface area contributed by atoms with Crippen molar-refractivity contribution in [3.05, 3.63) is 0 Å². The average molecular weight is 170 g/mol. The Hall–Kier alpha value is -0.610. The van der Waals surface area contributed by atoms with Gasteiger partial charge in [-0.15, -0.1) is 0 Å². The number of likely N-dealkylation sites (tertiary alicyclic amines) is 1. The zero-order valence-corrected chi connectivity index (χ0v) is 7.05. The van der Waals surface area contributed by atoms with Crippen molar-refractivity contribution in [3.8, 4) is 0 Å². The molecule has 2 aliphatic rings. The zero-order valence-electron chi connectivity index (χ0n) is 7.05. The average Bonchev–Trinajstić information content (AvgIpc) is 2.33. The fourth-order valence-electron chi connectivity index (χ4n) is 1.67. The molecule has 1 amide bonds. The number of hydrogen-bond donors (Lipinski definition) is 2. The topological polar surface area (TPSA) is 52.6 Å². The van der Waals surface area contributed by atoms with E-state index in [1.807, 2.05) is 0 Å². The van der Waals surface area contributed by atoms with Crippen LogP contribution in [-0.4, -0.2) is 47.7 Å². The van der Waals surface area contributed by atoms with Crippen molar-refractivity contribution < 1.29 is 9.90 Å². The smallest absolute Gasteiger partial charge is 0.255 e. The molecule has 0 spiro atoms. The monoisotopic (exact) mass is 170 g/mol. The second-order valence-electron chi connectivity index (χ2n) is 3.60. The number of carbonyl (C=O) groups excluding carboxylic acids is 1. The molecule has 0 aromatic rings. The minimum absolute atomic E-state index is 0.0845. The first kappa shape index (κ1) is 8.01. The molecule has 2 aliphatic heterocycles. The summed E-state index contributed by atoms with van der Waals surface area (Å²) < 4.78 is 0. The third-order valence-corrected chi connectivity index (χ3v) is 2.67. The van der Waals surface area contributed by atoms with Crippen LogP contribution in [0.2, 0.25) is 0 Å². The predicted molar refractivity (Wildman–Crippen MR) is 43.6 cm³/mol. The van der Waals surface area contributed by atoms with E-state index in [1.54, 1.807) is 4.90 Å². The normalized spacial score (nSPS) is 34.9. The number of aliphatic hydroxyl groups is 1. The van der Waals surface area contributed by atoms with Gasteiger partial charge in [-0.25, -0.2) is 0 Å². The maximum atomic E-state index is 11.6. The maximum absolute atomic E-state index is 11.6. The highest BCUT2D eigenvalue weighted by Crippen LogP contribution is 2.20. The highest BCUT2D eigenvalue weighted by molar-refractivity contribution is 5.86. The van der Waals surface area contributed by atoms with E-state index in [0.29, 0.717) is 13.0 Å². The molecule has 2 heterocycles. The number of rotatable bonds is 1. The second-order valence-corrected chi connectivity index (χ2v) is 3.60. The highest BCUT2D eigenvalue weighted by atomic mass is 16.3. The molecule has 0 saturated carbocycles. The number of nitrogens with one attached hydrogen (secondary N) is 1. The lowest BCUT2D eigenvalue weighted by Gasteiger charge is -2.36. The van der Waals surface area contributed by atoms with Gasteiger partial charge >= 0.3 is 0 Å². The van der Waals surface area contributed by atoms with E-state index < -0.39 is 5.60 Å². The molecule has 0 bridgehead atoms. The molecule has 0 radical (unpaired) electrons. The second kappa shape index (κ2) is 2.71. The van der Waals surface area contributed by atoms with Crippen molar-refractivity contribution >= 4 is 5.91 Å². The minimum atomic E-state index is -1.10. The van der Waals surface area contributed by atoms with Crippen molar-refractivity contribution in [1.82, 2.24) is 10.2 Å². The van der Waals surface area contributed by atoms with Gasteiger partial charge in [0.2, 0.25) is 0 Å². The molecule has 4 heteroatoms. The number of amides is 1. The van der Waals surface area contributed by atoms with E-state index in [4.69, 9.17) is 0 Å². The Morgan fingerprint density at radius 3 is 2.67 bits per heavy atom. The maximum Gasteiger partial charge on any atom is 0.255 e. The van der Waals surface area contributed by atoms with Crippen LogP contribution in [0.15, 0.2) is 0 Å². The number of nitrogens with zero attached hydrogens (tertiary/aromatic N) is 1. The molecule has 2 N–H and O–H groups in total. The molecule has 2 saturated heterocycles. The summed E-state index contributed by atoms with van der Waals surface area (Å²) in [4.78, 5) is 13.3. The minimum Gasteiger partial charge on any atom is -0.379 e. The van der Waals surface area contributed by atoms with E-state index in [0.717, 1.165) is 26.1 Å². The van der Waals surface area contributed by atoms with Gasteiger partial charge in [0.1, 0.15) is 0 Å². The molecular weight excluding hydrogens is 156 g/mol. The van der Waals surface area contributed by atoms with Crippen molar-refractivity contribution in [1.29, 1.82) is 0 Å². The van der Waals surface area contributed by atoms with Crippen molar-refractivity contribution in [2.24, 2.45) is 0 Å². The first-order valence-corrected chi connectivity index (χ1v) is 4.45. The Bertz CT molecular complexity index is 195. The lowest BCUT2D eigenvalue weighted by Crippen LogP contribution is -2.54. The van der Waals surface area contributed by atoms with Gasteiger partial charge in [0, 0.05) is 19.6 Å². The zero-order chi connectivity index (χ0) is 8.60. The summed E-state index contributed by atoms with van der Waals surface area (Å²) in [5.41, 5.74) is -1.10. The third-order valence-electron chi connectivity index (χ3n) is 2.67. The number of carbonyl (C=O) groups is 1. The number of hydrogen-bond acceptors (Lipinski definition) is 3. The van der Waals surface area contributed by atoms with Gasteiger partial charge in [-0.2, -0.15) is 0 Å². The largest absolute Gasteiger partial charge is 0.379 e. The molecule has 12 heavy (non-hydrogen) atoms. The highest BCUT2D eigenvalue weighted by Gasteiger charge is 2.42. The Labute approximate surface area is 71.5 Å². The molecule has 1 unspecified atom stereocenters. The first-order chi connectivity index (χ1) is 5.72. The summed E-state index contributed by atoms with van der Waals surface area (Å²) in [6, 6.07) is 0. The quantitative estimate of drug-likeness (QED) is 0.527. The fraction of sp³-hybridized carbons (Fsp3) is 0.875. The van der Waals surface area contributed by atoms with Crippen LogP contribution in [0.25, 0.3) is 0 Å². The van der Waals surface area contributed by atoms with Gasteiger partial charge in [-0.1, -0.05) is 0 Å². The molecule has 0 aromatic heterocycles. The molecule has 0 aliphatic carbocycles. The van der Waals surface area contributed by atoms with E-state index in [9.17, 15) is 9.90 Å². The van der Waals surface area contributed by atoms with E-state index in [-0.39, 0.29) is 5.91 Å². The van der Waals surface area contributed by atoms with Crippen LogP contribution in [0, 0.1) is 0 Å². The molecule has 0 aromatic carbocycles. The van der Waals surface area contributed by atoms with E-state index in [2.05, 4.69) is 5.32 Å². The van der Waals surface area contributed by atoms with Gasteiger partial charge in [-0.05, 0) is 19.4 Å². The van der Waals surface area contributed by atoms with E-state index in [1.165, 1.54) is 0 Å². The molecule has 68 valence electrons. The molecule has 2 rings (SSSR count). The Kier molecular flexibility index (Phi) is 1.81. The molecular formula is C8H14N2O2. The van der Waals surface area contributed by atoms with Gasteiger partial charge in [0.25, 0.3) is 5.91 Å². The Balaban J connectivity index is 2.01. The molecule has 1 atom stereocenters. The first-order valence-electron chi connectivity index (χ1n) is 4.45. The summed E-state index contributed by atoms with van der Waals surface area (Å²) in [7, 11) is 0. The summed E-state index contributed by atoms with van der Waals surface area (Å²) in [5.74, 6) is -0.0845. The van der Waals surface area contributed by atoms with Crippen LogP contribution >= 0.6 is 0 Å². The Morgan fingerprint density at radius 2 is 2.25 bits per heavy atom. The van der Waals surface area contributed by atoms with Crippen LogP contribution in [0.4, 0.5) is 0 Å². The summed E-state index contributed by atoms with van der Waals surface area (Å²) >= 11 is 0. The summed E-state index contributed by atoms with van der Waals surface area (Å²) in [5, 5.41) is 12.8. The summed E-state index contributed by atoms with van der Waals surface area (Å²) in [6.07, 6.45) is 1.64. The Morgan fingerprint density at radius 1 is 1.50 bits per heavy atom. The third kappa shape index (κ3) is 1.11. The van der Waals surface area contributed by atoms with Gasteiger partial charge in [0.15, 0.2) is 5.60 Å². The van der Waals surface area contributed by atoms with Gasteiger partial charge in [-0.3, -0.25) is 4.79 Å². The number of β-amino-alcohol motifs (C(OH)–C–C–N with tert-alkyl or cyclic N) is 1. The van der Waals surface area contributed by atoms with Crippen molar-refractivity contribution in [2.45, 2.75) is 18.4 Å². The van der Waals surface area contributed by atoms with Crippen molar-refractivity contribution in [2.75, 3.05) is 26.2 Å².